The molecule has 0 unspecified atom stereocenters. The number of aryl methyl sites for hydroxylation is 1. The minimum Gasteiger partial charge on any atom is -0.337 e. The molecule has 22 heavy (non-hydrogen) atoms. The van der Waals surface area contributed by atoms with Crippen molar-refractivity contribution < 1.29 is 9.59 Å². The highest BCUT2D eigenvalue weighted by Gasteiger charge is 2.23. The number of likely N-dealkylation sites (tertiary alicyclic amines) is 1. The number of hydrogen-bond acceptors (Lipinski definition) is 4. The van der Waals surface area contributed by atoms with E-state index in [1.165, 1.54) is 0 Å². The van der Waals surface area contributed by atoms with E-state index in [-0.39, 0.29) is 18.4 Å². The zero-order chi connectivity index (χ0) is 15.5. The molecule has 2 aliphatic rings. The molecule has 1 saturated heterocycles. The number of rotatable bonds is 4. The van der Waals surface area contributed by atoms with Crippen LogP contribution in [0.3, 0.4) is 0 Å². The lowest BCUT2D eigenvalue weighted by Gasteiger charge is -2.23. The molecule has 1 aromatic rings. The highest BCUT2D eigenvalue weighted by molar-refractivity contribution is 5.84. The molecule has 120 valence electrons. The van der Waals surface area contributed by atoms with Gasteiger partial charge in [0.15, 0.2) is 5.82 Å². The minimum absolute atomic E-state index is 0.0365. The lowest BCUT2D eigenvalue weighted by Crippen LogP contribution is -2.41. The summed E-state index contributed by atoms with van der Waals surface area (Å²) < 4.78 is 2.10. The summed E-state index contributed by atoms with van der Waals surface area (Å²) in [6.45, 7) is 2.26. The van der Waals surface area contributed by atoms with Crippen molar-refractivity contribution in [2.24, 2.45) is 0 Å². The van der Waals surface area contributed by atoms with Crippen molar-refractivity contribution in [3.05, 3.63) is 11.6 Å². The molecule has 0 bridgehead atoms. The molecule has 0 aliphatic carbocycles. The number of hydrogen-bond donors (Lipinski definition) is 0. The fraction of sp³-hybridized carbons (Fsp3) is 0.733. The molecule has 0 atom stereocenters. The normalized spacial score (nSPS) is 18.2. The molecule has 7 heteroatoms. The highest BCUT2D eigenvalue weighted by atomic mass is 16.2. The molecular weight excluding hydrogens is 282 g/mol. The van der Waals surface area contributed by atoms with E-state index >= 15 is 0 Å². The van der Waals surface area contributed by atoms with Gasteiger partial charge < -0.3 is 14.4 Å². The Labute approximate surface area is 130 Å². The maximum Gasteiger partial charge on any atom is 0.242 e. The van der Waals surface area contributed by atoms with Crippen molar-refractivity contribution in [2.45, 2.75) is 51.6 Å². The molecule has 2 amide bonds. The van der Waals surface area contributed by atoms with Crippen LogP contribution in [0.1, 0.15) is 43.8 Å². The van der Waals surface area contributed by atoms with Crippen LogP contribution < -0.4 is 0 Å². The second kappa shape index (κ2) is 6.46. The van der Waals surface area contributed by atoms with E-state index in [1.54, 1.807) is 16.8 Å². The standard InChI is InChI=1S/C15H23N5O2/c1-18(10-13-17-16-12-6-5-9-20(12)13)15(22)11-19-8-4-2-3-7-14(19)21/h2-11H2,1H3. The quantitative estimate of drug-likeness (QED) is 0.816. The summed E-state index contributed by atoms with van der Waals surface area (Å²) in [5, 5.41) is 8.34. The molecule has 2 aliphatic heterocycles. The molecule has 1 aromatic heterocycles. The predicted octanol–water partition coefficient (Wildman–Crippen LogP) is 0.585. The van der Waals surface area contributed by atoms with Crippen LogP contribution in [0.15, 0.2) is 0 Å². The SMILES string of the molecule is CN(Cc1nnc2n1CCC2)C(=O)CN1CCCCCC1=O. The number of carbonyl (C=O) groups excluding carboxylic acids is 2. The summed E-state index contributed by atoms with van der Waals surface area (Å²) in [4.78, 5) is 27.7. The third-order valence-corrected chi connectivity index (χ3v) is 4.49. The Balaban J connectivity index is 1.58. The summed E-state index contributed by atoms with van der Waals surface area (Å²) in [5.74, 6) is 1.91. The molecule has 3 heterocycles. The summed E-state index contributed by atoms with van der Waals surface area (Å²) in [6, 6.07) is 0. The van der Waals surface area contributed by atoms with Crippen LogP contribution in [-0.2, 0) is 29.1 Å². The van der Waals surface area contributed by atoms with Gasteiger partial charge in [0.2, 0.25) is 11.8 Å². The lowest BCUT2D eigenvalue weighted by atomic mass is 10.2. The first kappa shape index (κ1) is 15.0. The highest BCUT2D eigenvalue weighted by Crippen LogP contribution is 2.15. The molecular formula is C15H23N5O2. The van der Waals surface area contributed by atoms with Gasteiger partial charge in [0.1, 0.15) is 5.82 Å². The van der Waals surface area contributed by atoms with Gasteiger partial charge in [-0.3, -0.25) is 9.59 Å². The average molecular weight is 305 g/mol. The number of aromatic nitrogens is 3. The van der Waals surface area contributed by atoms with Crippen LogP contribution >= 0.6 is 0 Å². The van der Waals surface area contributed by atoms with Gasteiger partial charge in [-0.1, -0.05) is 6.42 Å². The Morgan fingerprint density at radius 3 is 2.86 bits per heavy atom. The third kappa shape index (κ3) is 3.13. The topological polar surface area (TPSA) is 71.3 Å². The number of carbonyl (C=O) groups is 2. The molecule has 0 radical (unpaired) electrons. The van der Waals surface area contributed by atoms with Crippen LogP contribution in [0.5, 0.6) is 0 Å². The Bertz CT molecular complexity index is 568. The van der Waals surface area contributed by atoms with Crippen LogP contribution in [0, 0.1) is 0 Å². The lowest BCUT2D eigenvalue weighted by molar-refractivity contribution is -0.139. The first-order valence-corrected chi connectivity index (χ1v) is 8.08. The van der Waals surface area contributed by atoms with E-state index in [0.717, 1.165) is 50.3 Å². The third-order valence-electron chi connectivity index (χ3n) is 4.49. The van der Waals surface area contributed by atoms with E-state index in [4.69, 9.17) is 0 Å². The minimum atomic E-state index is -0.0365. The van der Waals surface area contributed by atoms with Crippen molar-refractivity contribution in [2.75, 3.05) is 20.1 Å². The van der Waals surface area contributed by atoms with Gasteiger partial charge in [0.05, 0.1) is 13.1 Å². The van der Waals surface area contributed by atoms with Gasteiger partial charge in [-0.2, -0.15) is 0 Å². The monoisotopic (exact) mass is 305 g/mol. The summed E-state index contributed by atoms with van der Waals surface area (Å²) in [7, 11) is 1.77. The smallest absolute Gasteiger partial charge is 0.242 e. The summed E-state index contributed by atoms with van der Waals surface area (Å²) in [5.41, 5.74) is 0. The van der Waals surface area contributed by atoms with Crippen molar-refractivity contribution >= 4 is 11.8 Å². The first-order chi connectivity index (χ1) is 10.6. The van der Waals surface area contributed by atoms with E-state index in [1.807, 2.05) is 0 Å². The van der Waals surface area contributed by atoms with Crippen LogP contribution in [0.2, 0.25) is 0 Å². The Morgan fingerprint density at radius 1 is 1.14 bits per heavy atom. The number of amides is 2. The van der Waals surface area contributed by atoms with E-state index < -0.39 is 0 Å². The summed E-state index contributed by atoms with van der Waals surface area (Å²) >= 11 is 0. The van der Waals surface area contributed by atoms with Gasteiger partial charge in [-0.05, 0) is 19.3 Å². The van der Waals surface area contributed by atoms with Gasteiger partial charge in [0, 0.05) is 33.0 Å². The van der Waals surface area contributed by atoms with Crippen molar-refractivity contribution in [1.29, 1.82) is 0 Å². The molecule has 0 N–H and O–H groups in total. The number of nitrogens with zero attached hydrogens (tertiary/aromatic N) is 5. The Morgan fingerprint density at radius 2 is 2.00 bits per heavy atom. The first-order valence-electron chi connectivity index (χ1n) is 8.08. The molecule has 7 nitrogen and oxygen atoms in total. The van der Waals surface area contributed by atoms with E-state index in [9.17, 15) is 9.59 Å². The Kier molecular flexibility index (Phi) is 4.40. The predicted molar refractivity (Wildman–Crippen MR) is 79.9 cm³/mol. The van der Waals surface area contributed by atoms with E-state index in [0.29, 0.717) is 19.5 Å². The van der Waals surface area contributed by atoms with Crippen LogP contribution in [0.4, 0.5) is 0 Å². The second-order valence-corrected chi connectivity index (χ2v) is 6.16. The summed E-state index contributed by atoms with van der Waals surface area (Å²) in [6.07, 6.45) is 5.61. The zero-order valence-corrected chi connectivity index (χ0v) is 13.1. The molecule has 1 fully saturated rings. The van der Waals surface area contributed by atoms with Crippen LogP contribution in [0.25, 0.3) is 0 Å². The largest absolute Gasteiger partial charge is 0.337 e. The second-order valence-electron chi connectivity index (χ2n) is 6.16. The van der Waals surface area contributed by atoms with Crippen molar-refractivity contribution in [1.82, 2.24) is 24.6 Å². The van der Waals surface area contributed by atoms with Gasteiger partial charge in [-0.15, -0.1) is 10.2 Å². The molecule has 0 saturated carbocycles. The van der Waals surface area contributed by atoms with Gasteiger partial charge in [-0.25, -0.2) is 0 Å². The number of likely N-dealkylation sites (N-methyl/N-ethyl adjacent to an activating group) is 1. The zero-order valence-electron chi connectivity index (χ0n) is 13.1. The van der Waals surface area contributed by atoms with Gasteiger partial charge in [0.25, 0.3) is 0 Å². The molecule has 0 spiro atoms. The maximum absolute atomic E-state index is 12.4. The number of fused-ring (bicyclic) bond motifs is 1. The maximum atomic E-state index is 12.4. The molecule has 0 aromatic carbocycles. The van der Waals surface area contributed by atoms with Crippen molar-refractivity contribution in [3.63, 3.8) is 0 Å². The fourth-order valence-corrected chi connectivity index (χ4v) is 3.12. The van der Waals surface area contributed by atoms with E-state index in [2.05, 4.69) is 14.8 Å². The Hall–Kier alpha value is -1.92. The van der Waals surface area contributed by atoms with Crippen LogP contribution in [-0.4, -0.2) is 56.5 Å². The van der Waals surface area contributed by atoms with Gasteiger partial charge >= 0.3 is 0 Å². The molecule has 3 rings (SSSR count). The fourth-order valence-electron chi connectivity index (χ4n) is 3.12. The van der Waals surface area contributed by atoms with Crippen molar-refractivity contribution in [3.8, 4) is 0 Å². The average Bonchev–Trinajstić information content (AvgIpc) is 3.04.